The molecule has 3 heterocycles. The standard InChI is InChI=1S/C19H26N2O3/c22-18(15-5-9-23-10-6-15)21-12-16-3-1-7-19(16,13-21)14-24-17-4-2-8-20-11-17/h2,4,8,11,15-16H,1,3,5-7,9-10,12-14H2/t16-,19+/m0/s1. The smallest absolute Gasteiger partial charge is 0.225 e. The van der Waals surface area contributed by atoms with Gasteiger partial charge in [-0.1, -0.05) is 6.42 Å². The van der Waals surface area contributed by atoms with Crippen LogP contribution in [0.5, 0.6) is 5.75 Å². The fraction of sp³-hybridized carbons (Fsp3) is 0.684. The zero-order valence-electron chi connectivity index (χ0n) is 14.2. The molecule has 0 N–H and O–H groups in total. The molecular weight excluding hydrogens is 304 g/mol. The Bertz CT molecular complexity index is 573. The van der Waals surface area contributed by atoms with Crippen LogP contribution in [0.4, 0.5) is 0 Å². The van der Waals surface area contributed by atoms with Crippen LogP contribution in [-0.2, 0) is 9.53 Å². The van der Waals surface area contributed by atoms with Crippen molar-refractivity contribution in [2.45, 2.75) is 32.1 Å². The topological polar surface area (TPSA) is 51.7 Å². The summed E-state index contributed by atoms with van der Waals surface area (Å²) in [5.74, 6) is 1.91. The summed E-state index contributed by atoms with van der Waals surface area (Å²) in [6.45, 7) is 3.91. The number of carbonyl (C=O) groups is 1. The van der Waals surface area contributed by atoms with Crippen molar-refractivity contribution < 1.29 is 14.3 Å². The lowest BCUT2D eigenvalue weighted by molar-refractivity contribution is -0.138. The quantitative estimate of drug-likeness (QED) is 0.851. The molecule has 0 unspecified atom stereocenters. The third-order valence-electron chi connectivity index (χ3n) is 6.08. The second kappa shape index (κ2) is 6.71. The Morgan fingerprint density at radius 2 is 2.25 bits per heavy atom. The summed E-state index contributed by atoms with van der Waals surface area (Å²) in [6.07, 6.45) is 8.90. The number of hydrogen-bond acceptors (Lipinski definition) is 4. The monoisotopic (exact) mass is 330 g/mol. The minimum Gasteiger partial charge on any atom is -0.491 e. The predicted octanol–water partition coefficient (Wildman–Crippen LogP) is 2.52. The molecule has 1 amide bonds. The third-order valence-corrected chi connectivity index (χ3v) is 6.08. The number of rotatable bonds is 4. The van der Waals surface area contributed by atoms with Crippen LogP contribution in [0.3, 0.4) is 0 Å². The number of amides is 1. The summed E-state index contributed by atoms with van der Waals surface area (Å²) in [5, 5.41) is 0. The Morgan fingerprint density at radius 1 is 1.38 bits per heavy atom. The van der Waals surface area contributed by atoms with Crippen LogP contribution >= 0.6 is 0 Å². The number of hydrogen-bond donors (Lipinski definition) is 0. The fourth-order valence-electron chi connectivity index (χ4n) is 4.68. The highest BCUT2D eigenvalue weighted by Gasteiger charge is 2.51. The molecule has 3 aliphatic rings. The minimum atomic E-state index is 0.136. The highest BCUT2D eigenvalue weighted by Crippen LogP contribution is 2.49. The Balaban J connectivity index is 1.42. The van der Waals surface area contributed by atoms with Crippen LogP contribution in [-0.4, -0.2) is 48.7 Å². The van der Waals surface area contributed by atoms with Crippen LogP contribution < -0.4 is 4.74 Å². The number of fused-ring (bicyclic) bond motifs is 1. The lowest BCUT2D eigenvalue weighted by Crippen LogP contribution is -2.39. The largest absolute Gasteiger partial charge is 0.491 e. The maximum absolute atomic E-state index is 12.9. The highest BCUT2D eigenvalue weighted by atomic mass is 16.5. The molecule has 0 bridgehead atoms. The van der Waals surface area contributed by atoms with Crippen molar-refractivity contribution in [1.82, 2.24) is 9.88 Å². The molecule has 1 aromatic heterocycles. The SMILES string of the molecule is O=C(C1CCOCC1)N1C[C@@H]2CCC[C@]2(COc2cccnc2)C1. The molecule has 130 valence electrons. The lowest BCUT2D eigenvalue weighted by Gasteiger charge is -2.30. The summed E-state index contributed by atoms with van der Waals surface area (Å²) in [6, 6.07) is 3.85. The van der Waals surface area contributed by atoms with Crippen molar-refractivity contribution in [3.05, 3.63) is 24.5 Å². The van der Waals surface area contributed by atoms with E-state index in [9.17, 15) is 4.79 Å². The zero-order valence-corrected chi connectivity index (χ0v) is 14.2. The molecule has 24 heavy (non-hydrogen) atoms. The van der Waals surface area contributed by atoms with Gasteiger partial charge in [0, 0.05) is 43.8 Å². The van der Waals surface area contributed by atoms with Crippen molar-refractivity contribution in [2.24, 2.45) is 17.3 Å². The number of ether oxygens (including phenoxy) is 2. The molecule has 2 atom stereocenters. The van der Waals surface area contributed by atoms with Crippen LogP contribution in [0.25, 0.3) is 0 Å². The van der Waals surface area contributed by atoms with Crippen LogP contribution in [0.2, 0.25) is 0 Å². The van der Waals surface area contributed by atoms with Crippen molar-refractivity contribution >= 4 is 5.91 Å². The maximum atomic E-state index is 12.9. The van der Waals surface area contributed by atoms with Gasteiger partial charge in [-0.25, -0.2) is 0 Å². The van der Waals surface area contributed by atoms with Crippen molar-refractivity contribution in [3.63, 3.8) is 0 Å². The van der Waals surface area contributed by atoms with Gasteiger partial charge in [0.1, 0.15) is 5.75 Å². The molecule has 1 aliphatic carbocycles. The summed E-state index contributed by atoms with van der Waals surface area (Å²) in [5.41, 5.74) is 0.136. The summed E-state index contributed by atoms with van der Waals surface area (Å²) in [7, 11) is 0. The van der Waals surface area contributed by atoms with E-state index in [4.69, 9.17) is 9.47 Å². The molecular formula is C19H26N2O3. The first-order chi connectivity index (χ1) is 11.8. The van der Waals surface area contributed by atoms with Crippen molar-refractivity contribution in [1.29, 1.82) is 0 Å². The van der Waals surface area contributed by atoms with E-state index >= 15 is 0 Å². The maximum Gasteiger partial charge on any atom is 0.225 e. The van der Waals surface area contributed by atoms with E-state index in [2.05, 4.69) is 9.88 Å². The number of pyridine rings is 1. The first-order valence-corrected chi connectivity index (χ1v) is 9.16. The van der Waals surface area contributed by atoms with Crippen molar-refractivity contribution in [3.8, 4) is 5.75 Å². The molecule has 0 spiro atoms. The van der Waals surface area contributed by atoms with E-state index in [0.29, 0.717) is 18.4 Å². The molecule has 2 saturated heterocycles. The van der Waals surface area contributed by atoms with Gasteiger partial charge in [0.15, 0.2) is 0 Å². The molecule has 0 aromatic carbocycles. The van der Waals surface area contributed by atoms with Gasteiger partial charge in [-0.15, -0.1) is 0 Å². The second-order valence-corrected chi connectivity index (χ2v) is 7.53. The van der Waals surface area contributed by atoms with Gasteiger partial charge < -0.3 is 14.4 Å². The summed E-state index contributed by atoms with van der Waals surface area (Å²) >= 11 is 0. The third kappa shape index (κ3) is 3.02. The second-order valence-electron chi connectivity index (χ2n) is 7.53. The molecule has 1 saturated carbocycles. The Morgan fingerprint density at radius 3 is 3.04 bits per heavy atom. The van der Waals surface area contributed by atoms with Gasteiger partial charge >= 0.3 is 0 Å². The summed E-state index contributed by atoms with van der Waals surface area (Å²) < 4.78 is 11.4. The molecule has 5 nitrogen and oxygen atoms in total. The Hall–Kier alpha value is -1.62. The Labute approximate surface area is 143 Å². The minimum absolute atomic E-state index is 0.136. The molecule has 2 aliphatic heterocycles. The zero-order chi connectivity index (χ0) is 16.4. The van der Waals surface area contributed by atoms with Crippen molar-refractivity contribution in [2.75, 3.05) is 32.9 Å². The average molecular weight is 330 g/mol. The van der Waals surface area contributed by atoms with Gasteiger partial charge in [0.2, 0.25) is 5.91 Å². The average Bonchev–Trinajstić information content (AvgIpc) is 3.18. The molecule has 3 fully saturated rings. The molecule has 4 rings (SSSR count). The number of nitrogens with zero attached hydrogens (tertiary/aromatic N) is 2. The van der Waals surface area contributed by atoms with E-state index < -0.39 is 0 Å². The van der Waals surface area contributed by atoms with Gasteiger partial charge in [0.05, 0.1) is 12.8 Å². The van der Waals surface area contributed by atoms with E-state index in [1.54, 1.807) is 12.4 Å². The van der Waals surface area contributed by atoms with Crippen LogP contribution in [0, 0.1) is 17.3 Å². The first-order valence-electron chi connectivity index (χ1n) is 9.16. The fourth-order valence-corrected chi connectivity index (χ4v) is 4.68. The van der Waals surface area contributed by atoms with Gasteiger partial charge in [-0.3, -0.25) is 9.78 Å². The number of aromatic nitrogens is 1. The van der Waals surface area contributed by atoms with Crippen LogP contribution in [0.1, 0.15) is 32.1 Å². The first kappa shape index (κ1) is 15.9. The van der Waals surface area contributed by atoms with Gasteiger partial charge in [0.25, 0.3) is 0 Å². The molecule has 1 aromatic rings. The molecule has 0 radical (unpaired) electrons. The van der Waals surface area contributed by atoms with Gasteiger partial charge in [-0.05, 0) is 43.7 Å². The Kier molecular flexibility index (Phi) is 4.44. The van der Waals surface area contributed by atoms with E-state index in [-0.39, 0.29) is 11.3 Å². The lowest BCUT2D eigenvalue weighted by atomic mass is 9.81. The van der Waals surface area contributed by atoms with Crippen LogP contribution in [0.15, 0.2) is 24.5 Å². The van der Waals surface area contributed by atoms with E-state index in [0.717, 1.165) is 51.3 Å². The molecule has 5 heteroatoms. The number of carbonyl (C=O) groups excluding carboxylic acids is 1. The number of likely N-dealkylation sites (tertiary alicyclic amines) is 1. The predicted molar refractivity (Wildman–Crippen MR) is 89.6 cm³/mol. The van der Waals surface area contributed by atoms with E-state index in [1.807, 2.05) is 12.1 Å². The highest BCUT2D eigenvalue weighted by molar-refractivity contribution is 5.79. The summed E-state index contributed by atoms with van der Waals surface area (Å²) in [4.78, 5) is 19.1. The normalized spacial score (nSPS) is 30.3. The van der Waals surface area contributed by atoms with Gasteiger partial charge in [-0.2, -0.15) is 0 Å². The van der Waals surface area contributed by atoms with E-state index in [1.165, 1.54) is 12.8 Å².